The van der Waals surface area contributed by atoms with Crippen molar-refractivity contribution in [1.82, 2.24) is 4.90 Å². The van der Waals surface area contributed by atoms with Crippen molar-refractivity contribution < 1.29 is 4.79 Å². The Labute approximate surface area is 102 Å². The van der Waals surface area contributed by atoms with E-state index in [-0.39, 0.29) is 5.37 Å². The lowest BCUT2D eigenvalue weighted by molar-refractivity contribution is 0.215. The number of nitrogens with zero attached hydrogens (tertiary/aromatic N) is 1. The van der Waals surface area contributed by atoms with Gasteiger partial charge in [-0.25, -0.2) is 0 Å². The molecule has 16 heavy (non-hydrogen) atoms. The standard InChI is InChI=1S/C13H18ClNO/c1-11(2)10-15(13(14)16)9-8-12-6-4-3-5-7-12/h3-7,11H,8-10H2,1-2H3. The Bertz CT molecular complexity index is 324. The van der Waals surface area contributed by atoms with E-state index in [0.29, 0.717) is 12.5 Å². The van der Waals surface area contributed by atoms with Crippen LogP contribution in [-0.4, -0.2) is 23.4 Å². The zero-order chi connectivity index (χ0) is 12.0. The van der Waals surface area contributed by atoms with Gasteiger partial charge in [0.1, 0.15) is 0 Å². The second-order valence-electron chi connectivity index (χ2n) is 4.33. The van der Waals surface area contributed by atoms with Gasteiger partial charge in [-0.05, 0) is 29.5 Å². The quantitative estimate of drug-likeness (QED) is 0.569. The van der Waals surface area contributed by atoms with E-state index in [1.807, 2.05) is 18.2 Å². The van der Waals surface area contributed by atoms with Crippen LogP contribution in [-0.2, 0) is 6.42 Å². The first-order valence-corrected chi connectivity index (χ1v) is 5.95. The maximum Gasteiger partial charge on any atom is 0.316 e. The fourth-order valence-electron chi connectivity index (χ4n) is 1.60. The fourth-order valence-corrected chi connectivity index (χ4v) is 1.75. The molecule has 3 heteroatoms. The minimum atomic E-state index is -0.357. The summed E-state index contributed by atoms with van der Waals surface area (Å²) < 4.78 is 0. The van der Waals surface area contributed by atoms with Crippen molar-refractivity contribution in [2.75, 3.05) is 13.1 Å². The number of benzene rings is 1. The first-order chi connectivity index (χ1) is 7.59. The van der Waals surface area contributed by atoms with E-state index in [4.69, 9.17) is 11.6 Å². The van der Waals surface area contributed by atoms with Crippen LogP contribution in [0.3, 0.4) is 0 Å². The average molecular weight is 240 g/mol. The number of amides is 1. The van der Waals surface area contributed by atoms with Crippen LogP contribution in [0.15, 0.2) is 30.3 Å². The molecule has 0 radical (unpaired) electrons. The number of halogens is 1. The first-order valence-electron chi connectivity index (χ1n) is 5.58. The van der Waals surface area contributed by atoms with Crippen LogP contribution in [0.2, 0.25) is 0 Å². The number of rotatable bonds is 5. The summed E-state index contributed by atoms with van der Waals surface area (Å²) in [7, 11) is 0. The lowest BCUT2D eigenvalue weighted by Crippen LogP contribution is -2.32. The summed E-state index contributed by atoms with van der Waals surface area (Å²) in [4.78, 5) is 12.9. The molecule has 2 nitrogen and oxygen atoms in total. The third-order valence-corrected chi connectivity index (χ3v) is 2.59. The molecule has 88 valence electrons. The van der Waals surface area contributed by atoms with Gasteiger partial charge in [-0.2, -0.15) is 0 Å². The van der Waals surface area contributed by atoms with Gasteiger partial charge in [0.05, 0.1) is 0 Å². The molecule has 0 unspecified atom stereocenters. The Hall–Kier alpha value is -1.02. The van der Waals surface area contributed by atoms with Crippen LogP contribution < -0.4 is 0 Å². The Morgan fingerprint density at radius 3 is 2.44 bits per heavy atom. The fraction of sp³-hybridized carbons (Fsp3) is 0.462. The summed E-state index contributed by atoms with van der Waals surface area (Å²) in [5.74, 6) is 0.443. The van der Waals surface area contributed by atoms with Gasteiger partial charge in [-0.3, -0.25) is 4.79 Å². The molecule has 1 aromatic carbocycles. The van der Waals surface area contributed by atoms with Crippen molar-refractivity contribution in [1.29, 1.82) is 0 Å². The highest BCUT2D eigenvalue weighted by molar-refractivity contribution is 6.62. The van der Waals surface area contributed by atoms with Gasteiger partial charge in [-0.15, -0.1) is 0 Å². The normalized spacial score (nSPS) is 10.5. The lowest BCUT2D eigenvalue weighted by atomic mass is 10.1. The van der Waals surface area contributed by atoms with Crippen LogP contribution in [0.1, 0.15) is 19.4 Å². The number of hydrogen-bond acceptors (Lipinski definition) is 1. The topological polar surface area (TPSA) is 20.3 Å². The molecular weight excluding hydrogens is 222 g/mol. The highest BCUT2D eigenvalue weighted by Gasteiger charge is 2.11. The molecule has 1 rings (SSSR count). The van der Waals surface area contributed by atoms with E-state index in [0.717, 1.165) is 13.0 Å². The Balaban J connectivity index is 2.47. The lowest BCUT2D eigenvalue weighted by Gasteiger charge is -2.21. The van der Waals surface area contributed by atoms with E-state index >= 15 is 0 Å². The van der Waals surface area contributed by atoms with Crippen molar-refractivity contribution in [2.45, 2.75) is 20.3 Å². The van der Waals surface area contributed by atoms with Crippen LogP contribution in [0.4, 0.5) is 4.79 Å². The highest BCUT2D eigenvalue weighted by atomic mass is 35.5. The highest BCUT2D eigenvalue weighted by Crippen LogP contribution is 2.06. The molecule has 0 saturated heterocycles. The largest absolute Gasteiger partial charge is 0.329 e. The molecule has 1 amide bonds. The van der Waals surface area contributed by atoms with Crippen molar-refractivity contribution in [3.63, 3.8) is 0 Å². The van der Waals surface area contributed by atoms with Gasteiger partial charge < -0.3 is 4.90 Å². The van der Waals surface area contributed by atoms with Gasteiger partial charge in [-0.1, -0.05) is 44.2 Å². The minimum absolute atomic E-state index is 0.357. The molecule has 0 fully saturated rings. The van der Waals surface area contributed by atoms with Gasteiger partial charge in [0.15, 0.2) is 0 Å². The van der Waals surface area contributed by atoms with Crippen molar-refractivity contribution in [3.05, 3.63) is 35.9 Å². The minimum Gasteiger partial charge on any atom is -0.329 e. The third-order valence-electron chi connectivity index (χ3n) is 2.35. The molecule has 0 spiro atoms. The molecule has 0 saturated carbocycles. The van der Waals surface area contributed by atoms with Gasteiger partial charge in [0, 0.05) is 13.1 Å². The van der Waals surface area contributed by atoms with Crippen LogP contribution in [0, 0.1) is 5.92 Å². The second-order valence-corrected chi connectivity index (χ2v) is 4.65. The SMILES string of the molecule is CC(C)CN(CCc1ccccc1)C(=O)Cl. The van der Waals surface area contributed by atoms with E-state index < -0.39 is 0 Å². The predicted octanol–water partition coefficient (Wildman–Crippen LogP) is 3.55. The molecule has 0 aliphatic heterocycles. The summed E-state index contributed by atoms with van der Waals surface area (Å²) >= 11 is 5.54. The van der Waals surface area contributed by atoms with Crippen molar-refractivity contribution in [3.8, 4) is 0 Å². The maximum absolute atomic E-state index is 11.2. The molecule has 0 bridgehead atoms. The van der Waals surface area contributed by atoms with E-state index in [1.165, 1.54) is 5.56 Å². The van der Waals surface area contributed by atoms with Crippen LogP contribution in [0.5, 0.6) is 0 Å². The number of carbonyl (C=O) groups is 1. The third kappa shape index (κ3) is 4.67. The predicted molar refractivity (Wildman–Crippen MR) is 67.8 cm³/mol. The van der Waals surface area contributed by atoms with Crippen LogP contribution in [0.25, 0.3) is 0 Å². The van der Waals surface area contributed by atoms with E-state index in [9.17, 15) is 4.79 Å². The average Bonchev–Trinajstić information content (AvgIpc) is 2.25. The van der Waals surface area contributed by atoms with Gasteiger partial charge >= 0.3 is 5.37 Å². The van der Waals surface area contributed by atoms with E-state index in [2.05, 4.69) is 26.0 Å². The molecule has 0 atom stereocenters. The molecule has 0 aliphatic carbocycles. The molecule has 0 N–H and O–H groups in total. The first kappa shape index (κ1) is 13.0. The van der Waals surface area contributed by atoms with Crippen LogP contribution >= 0.6 is 11.6 Å². The zero-order valence-corrected chi connectivity index (χ0v) is 10.6. The van der Waals surface area contributed by atoms with E-state index in [1.54, 1.807) is 4.90 Å². The molecule has 0 heterocycles. The summed E-state index contributed by atoms with van der Waals surface area (Å²) in [6.45, 7) is 5.56. The molecule has 0 aromatic heterocycles. The monoisotopic (exact) mass is 239 g/mol. The second kappa shape index (κ2) is 6.54. The maximum atomic E-state index is 11.2. The number of carbonyl (C=O) groups excluding carboxylic acids is 1. The Morgan fingerprint density at radius 2 is 1.94 bits per heavy atom. The summed E-state index contributed by atoms with van der Waals surface area (Å²) in [5.41, 5.74) is 1.23. The molecular formula is C13H18ClNO. The smallest absolute Gasteiger partial charge is 0.316 e. The van der Waals surface area contributed by atoms with Crippen molar-refractivity contribution in [2.24, 2.45) is 5.92 Å². The Kier molecular flexibility index (Phi) is 5.33. The molecule has 0 aliphatic rings. The number of hydrogen-bond donors (Lipinski definition) is 0. The van der Waals surface area contributed by atoms with Gasteiger partial charge in [0.25, 0.3) is 0 Å². The van der Waals surface area contributed by atoms with Crippen molar-refractivity contribution >= 4 is 17.0 Å². The zero-order valence-electron chi connectivity index (χ0n) is 9.82. The summed E-state index contributed by atoms with van der Waals surface area (Å²) in [6, 6.07) is 10.1. The summed E-state index contributed by atoms with van der Waals surface area (Å²) in [5, 5.41) is -0.357. The summed E-state index contributed by atoms with van der Waals surface area (Å²) in [6.07, 6.45) is 0.853. The molecule has 1 aromatic rings. The van der Waals surface area contributed by atoms with Gasteiger partial charge in [0.2, 0.25) is 0 Å². The Morgan fingerprint density at radius 1 is 1.31 bits per heavy atom.